The molecule has 0 radical (unpaired) electrons. The predicted molar refractivity (Wildman–Crippen MR) is 61.5 cm³/mol. The molecule has 1 aromatic rings. The van der Waals surface area contributed by atoms with Crippen LogP contribution in [0.1, 0.15) is 12.0 Å². The van der Waals surface area contributed by atoms with Crippen molar-refractivity contribution in [2.45, 2.75) is 6.42 Å². The van der Waals surface area contributed by atoms with Crippen LogP contribution in [0.4, 0.5) is 4.39 Å². The highest BCUT2D eigenvalue weighted by Crippen LogP contribution is 2.17. The van der Waals surface area contributed by atoms with Crippen molar-refractivity contribution in [1.82, 2.24) is 0 Å². The van der Waals surface area contributed by atoms with Crippen molar-refractivity contribution in [2.75, 3.05) is 5.33 Å². The summed E-state index contributed by atoms with van der Waals surface area (Å²) in [5.74, 6) is -0.221. The first-order valence-corrected chi connectivity index (χ1v) is 5.83. The van der Waals surface area contributed by atoms with E-state index in [1.54, 1.807) is 6.07 Å². The lowest BCUT2D eigenvalue weighted by molar-refractivity contribution is 0.621. The highest BCUT2D eigenvalue weighted by Gasteiger charge is 1.97. The van der Waals surface area contributed by atoms with E-state index in [0.29, 0.717) is 4.47 Å². The molecule has 0 aliphatic heterocycles. The SMILES string of the molecule is Fc1cc(C=CCCBr)ccc1Br. The van der Waals surface area contributed by atoms with Crippen molar-refractivity contribution < 1.29 is 4.39 Å². The average molecular weight is 308 g/mol. The molecule has 0 atom stereocenters. The van der Waals surface area contributed by atoms with Crippen molar-refractivity contribution in [3.63, 3.8) is 0 Å². The minimum Gasteiger partial charge on any atom is -0.206 e. The Bertz CT molecular complexity index is 308. The molecule has 0 aliphatic rings. The van der Waals surface area contributed by atoms with E-state index in [1.807, 2.05) is 18.2 Å². The molecule has 0 aliphatic carbocycles. The zero-order chi connectivity index (χ0) is 9.68. The lowest BCUT2D eigenvalue weighted by Crippen LogP contribution is -1.79. The fourth-order valence-corrected chi connectivity index (χ4v) is 1.41. The Morgan fingerprint density at radius 1 is 1.38 bits per heavy atom. The van der Waals surface area contributed by atoms with Gasteiger partial charge in [-0.25, -0.2) is 4.39 Å². The summed E-state index contributed by atoms with van der Waals surface area (Å²) >= 11 is 6.42. The van der Waals surface area contributed by atoms with Gasteiger partial charge in [-0.05, 0) is 40.0 Å². The maximum atomic E-state index is 13.0. The summed E-state index contributed by atoms with van der Waals surface area (Å²) in [6.45, 7) is 0. The zero-order valence-corrected chi connectivity index (χ0v) is 10.1. The molecule has 0 aromatic heterocycles. The van der Waals surface area contributed by atoms with Crippen LogP contribution >= 0.6 is 31.9 Å². The van der Waals surface area contributed by atoms with E-state index < -0.39 is 0 Å². The van der Waals surface area contributed by atoms with E-state index >= 15 is 0 Å². The quantitative estimate of drug-likeness (QED) is 0.727. The third-order valence-corrected chi connectivity index (χ3v) is 2.63. The van der Waals surface area contributed by atoms with E-state index in [0.717, 1.165) is 17.3 Å². The van der Waals surface area contributed by atoms with E-state index in [2.05, 4.69) is 31.9 Å². The second-order valence-corrected chi connectivity index (χ2v) is 4.20. The van der Waals surface area contributed by atoms with Crippen molar-refractivity contribution in [2.24, 2.45) is 0 Å². The van der Waals surface area contributed by atoms with Crippen LogP contribution in [0.5, 0.6) is 0 Å². The largest absolute Gasteiger partial charge is 0.206 e. The molecule has 0 amide bonds. The molecule has 1 rings (SSSR count). The number of hydrogen-bond acceptors (Lipinski definition) is 0. The van der Waals surface area contributed by atoms with Gasteiger partial charge in [0.25, 0.3) is 0 Å². The van der Waals surface area contributed by atoms with E-state index in [4.69, 9.17) is 0 Å². The molecular formula is C10H9Br2F. The van der Waals surface area contributed by atoms with Crippen molar-refractivity contribution >= 4 is 37.9 Å². The topological polar surface area (TPSA) is 0 Å². The Balaban J connectivity index is 2.73. The van der Waals surface area contributed by atoms with Crippen LogP contribution in [0.15, 0.2) is 28.7 Å². The highest BCUT2D eigenvalue weighted by atomic mass is 79.9. The van der Waals surface area contributed by atoms with Gasteiger partial charge in [-0.3, -0.25) is 0 Å². The van der Waals surface area contributed by atoms with Crippen molar-refractivity contribution in [3.05, 3.63) is 40.1 Å². The van der Waals surface area contributed by atoms with Crippen LogP contribution in [-0.4, -0.2) is 5.33 Å². The fraction of sp³-hybridized carbons (Fsp3) is 0.200. The molecule has 0 nitrogen and oxygen atoms in total. The summed E-state index contributed by atoms with van der Waals surface area (Å²) in [5.41, 5.74) is 0.890. The van der Waals surface area contributed by atoms with Crippen LogP contribution in [0.3, 0.4) is 0 Å². The third-order valence-electron chi connectivity index (χ3n) is 1.53. The standard InChI is InChI=1S/C10H9Br2F/c11-6-2-1-3-8-4-5-9(12)10(13)7-8/h1,3-5,7H,2,6H2. The molecule has 0 bridgehead atoms. The molecule has 1 aromatic carbocycles. The monoisotopic (exact) mass is 306 g/mol. The summed E-state index contributed by atoms with van der Waals surface area (Å²) in [6, 6.07) is 5.09. The maximum absolute atomic E-state index is 13.0. The van der Waals surface area contributed by atoms with E-state index in [-0.39, 0.29) is 5.82 Å². The number of allylic oxidation sites excluding steroid dienone is 1. The van der Waals surface area contributed by atoms with Gasteiger partial charge in [0.1, 0.15) is 5.82 Å². The molecule has 0 saturated carbocycles. The van der Waals surface area contributed by atoms with Crippen LogP contribution in [0.25, 0.3) is 6.08 Å². The molecule has 13 heavy (non-hydrogen) atoms. The number of halogens is 3. The number of rotatable bonds is 3. The Morgan fingerprint density at radius 3 is 2.77 bits per heavy atom. The molecule has 0 heterocycles. The van der Waals surface area contributed by atoms with Gasteiger partial charge in [0, 0.05) is 5.33 Å². The molecular weight excluding hydrogens is 299 g/mol. The second-order valence-electron chi connectivity index (χ2n) is 2.55. The summed E-state index contributed by atoms with van der Waals surface area (Å²) in [4.78, 5) is 0. The summed E-state index contributed by atoms with van der Waals surface area (Å²) in [6.07, 6.45) is 4.88. The van der Waals surface area contributed by atoms with E-state index in [9.17, 15) is 4.39 Å². The van der Waals surface area contributed by atoms with Gasteiger partial charge in [0.15, 0.2) is 0 Å². The molecule has 3 heteroatoms. The lowest BCUT2D eigenvalue weighted by Gasteiger charge is -1.96. The summed E-state index contributed by atoms with van der Waals surface area (Å²) in [7, 11) is 0. The Kier molecular flexibility index (Phi) is 4.67. The zero-order valence-electron chi connectivity index (χ0n) is 6.93. The molecule has 0 saturated heterocycles. The lowest BCUT2D eigenvalue weighted by atomic mass is 10.2. The van der Waals surface area contributed by atoms with Crippen LogP contribution in [0.2, 0.25) is 0 Å². The van der Waals surface area contributed by atoms with Gasteiger partial charge in [0.2, 0.25) is 0 Å². The van der Waals surface area contributed by atoms with Gasteiger partial charge >= 0.3 is 0 Å². The van der Waals surface area contributed by atoms with Crippen molar-refractivity contribution in [1.29, 1.82) is 0 Å². The van der Waals surface area contributed by atoms with Gasteiger partial charge in [-0.2, -0.15) is 0 Å². The molecule has 0 fully saturated rings. The first kappa shape index (κ1) is 10.9. The number of benzene rings is 1. The van der Waals surface area contributed by atoms with E-state index in [1.165, 1.54) is 6.07 Å². The van der Waals surface area contributed by atoms with Gasteiger partial charge < -0.3 is 0 Å². The first-order chi connectivity index (χ1) is 6.24. The number of hydrogen-bond donors (Lipinski definition) is 0. The van der Waals surface area contributed by atoms with Gasteiger partial charge in [-0.15, -0.1) is 0 Å². The normalized spacial score (nSPS) is 11.0. The minimum absolute atomic E-state index is 0.221. The Morgan fingerprint density at radius 2 is 2.15 bits per heavy atom. The smallest absolute Gasteiger partial charge is 0.137 e. The number of alkyl halides is 1. The Hall–Kier alpha value is -0.150. The third kappa shape index (κ3) is 3.61. The minimum atomic E-state index is -0.221. The molecule has 0 unspecified atom stereocenters. The first-order valence-electron chi connectivity index (χ1n) is 3.91. The van der Waals surface area contributed by atoms with Crippen molar-refractivity contribution in [3.8, 4) is 0 Å². The van der Waals surface area contributed by atoms with Crippen LogP contribution < -0.4 is 0 Å². The fourth-order valence-electron chi connectivity index (χ4n) is 0.898. The average Bonchev–Trinajstić information content (AvgIpc) is 2.12. The van der Waals surface area contributed by atoms with Crippen LogP contribution in [-0.2, 0) is 0 Å². The molecule has 0 N–H and O–H groups in total. The summed E-state index contributed by atoms with van der Waals surface area (Å²) < 4.78 is 13.5. The van der Waals surface area contributed by atoms with Crippen LogP contribution in [0, 0.1) is 5.82 Å². The Labute approximate surface area is 94.1 Å². The second kappa shape index (κ2) is 5.55. The van der Waals surface area contributed by atoms with Gasteiger partial charge in [0.05, 0.1) is 4.47 Å². The molecule has 70 valence electrons. The predicted octanol–water partition coefficient (Wildman–Crippen LogP) is 4.39. The molecule has 0 spiro atoms. The highest BCUT2D eigenvalue weighted by molar-refractivity contribution is 9.10. The summed E-state index contributed by atoms with van der Waals surface area (Å²) in [5, 5.41) is 0.933. The maximum Gasteiger partial charge on any atom is 0.137 e. The van der Waals surface area contributed by atoms with Gasteiger partial charge in [-0.1, -0.05) is 34.1 Å².